The third kappa shape index (κ3) is 4.08. The van der Waals surface area contributed by atoms with Crippen LogP contribution in [0.2, 0.25) is 5.02 Å². The van der Waals surface area contributed by atoms with Gasteiger partial charge >= 0.3 is 6.61 Å². The number of aromatic nitrogens is 1. The van der Waals surface area contributed by atoms with Gasteiger partial charge in [-0.25, -0.2) is 9.37 Å². The SMILES string of the molecule is CC1(C(=O)N2CCOC(c3nc(-c4c(OC(F)F)ccc(Cl)c4F)cs3)C2)CC1. The van der Waals surface area contributed by atoms with Crippen molar-refractivity contribution in [3.63, 3.8) is 0 Å². The van der Waals surface area contributed by atoms with Crippen LogP contribution in [-0.4, -0.2) is 42.1 Å². The Kier molecular flexibility index (Phi) is 5.48. The number of rotatable bonds is 5. The van der Waals surface area contributed by atoms with Crippen LogP contribution in [0.25, 0.3) is 11.3 Å². The molecule has 1 amide bonds. The van der Waals surface area contributed by atoms with E-state index in [1.54, 1.807) is 4.90 Å². The number of alkyl halides is 2. The van der Waals surface area contributed by atoms with E-state index in [4.69, 9.17) is 16.3 Å². The van der Waals surface area contributed by atoms with Crippen molar-refractivity contribution in [2.45, 2.75) is 32.5 Å². The molecule has 2 heterocycles. The molecule has 2 aromatic rings. The van der Waals surface area contributed by atoms with Gasteiger partial charge in [-0.2, -0.15) is 8.78 Å². The fraction of sp³-hybridized carbons (Fsp3) is 0.474. The molecule has 0 radical (unpaired) electrons. The lowest BCUT2D eigenvalue weighted by Gasteiger charge is -2.33. The predicted octanol–water partition coefficient (Wildman–Crippen LogP) is 4.90. The zero-order chi connectivity index (χ0) is 20.8. The molecule has 0 bridgehead atoms. The average molecular weight is 447 g/mol. The largest absolute Gasteiger partial charge is 0.434 e. The van der Waals surface area contributed by atoms with Gasteiger partial charge in [-0.1, -0.05) is 18.5 Å². The molecule has 0 spiro atoms. The van der Waals surface area contributed by atoms with E-state index in [1.165, 1.54) is 22.8 Å². The number of hydrogen-bond acceptors (Lipinski definition) is 5. The molecule has 1 aliphatic heterocycles. The molecule has 1 aromatic heterocycles. The Morgan fingerprint density at radius 2 is 2.21 bits per heavy atom. The van der Waals surface area contributed by atoms with Crippen molar-refractivity contribution in [1.29, 1.82) is 0 Å². The molecule has 2 aliphatic rings. The summed E-state index contributed by atoms with van der Waals surface area (Å²) in [6, 6.07) is 2.33. The van der Waals surface area contributed by atoms with Gasteiger partial charge in [0.1, 0.15) is 16.9 Å². The van der Waals surface area contributed by atoms with Crippen molar-refractivity contribution in [3.8, 4) is 17.0 Å². The van der Waals surface area contributed by atoms with Gasteiger partial charge in [0.05, 0.1) is 29.4 Å². The van der Waals surface area contributed by atoms with Gasteiger partial charge in [-0.3, -0.25) is 4.79 Å². The Morgan fingerprint density at radius 1 is 1.45 bits per heavy atom. The van der Waals surface area contributed by atoms with Gasteiger partial charge in [0.2, 0.25) is 5.91 Å². The predicted molar refractivity (Wildman–Crippen MR) is 102 cm³/mol. The minimum absolute atomic E-state index is 0.107. The average Bonchev–Trinajstić information content (AvgIpc) is 3.25. The molecule has 0 N–H and O–H groups in total. The van der Waals surface area contributed by atoms with E-state index in [0.29, 0.717) is 24.7 Å². The number of benzene rings is 1. The highest BCUT2D eigenvalue weighted by molar-refractivity contribution is 7.10. The molecule has 10 heteroatoms. The first-order chi connectivity index (χ1) is 13.8. The van der Waals surface area contributed by atoms with Crippen molar-refractivity contribution < 1.29 is 27.4 Å². The van der Waals surface area contributed by atoms with Gasteiger partial charge in [0.15, 0.2) is 5.82 Å². The molecule has 1 saturated carbocycles. The van der Waals surface area contributed by atoms with Crippen molar-refractivity contribution in [2.75, 3.05) is 19.7 Å². The molecule has 1 atom stereocenters. The smallest absolute Gasteiger partial charge is 0.387 e. The summed E-state index contributed by atoms with van der Waals surface area (Å²) in [4.78, 5) is 18.8. The lowest BCUT2D eigenvalue weighted by molar-refractivity contribution is -0.144. The van der Waals surface area contributed by atoms with Crippen LogP contribution in [0.4, 0.5) is 13.2 Å². The maximum atomic E-state index is 14.6. The molecular weight excluding hydrogens is 429 g/mol. The maximum Gasteiger partial charge on any atom is 0.387 e. The standard InChI is InChI=1S/C19H18ClF3N2O3S/c1-19(4-5-19)17(26)25-6-7-27-13(8-25)16-24-11(9-29-16)14-12(28-18(22)23)3-2-10(20)15(14)21/h2-3,9,13,18H,4-8H2,1H3. The molecule has 1 saturated heterocycles. The zero-order valence-corrected chi connectivity index (χ0v) is 17.0. The Hall–Kier alpha value is -1.84. The highest BCUT2D eigenvalue weighted by Crippen LogP contribution is 2.47. The molecule has 1 aliphatic carbocycles. The summed E-state index contributed by atoms with van der Waals surface area (Å²) in [6.07, 6.45) is 1.31. The first-order valence-electron chi connectivity index (χ1n) is 9.08. The summed E-state index contributed by atoms with van der Waals surface area (Å²) in [5.41, 5.74) is -0.377. The molecule has 1 aromatic carbocycles. The van der Waals surface area contributed by atoms with Crippen molar-refractivity contribution in [1.82, 2.24) is 9.88 Å². The zero-order valence-electron chi connectivity index (χ0n) is 15.5. The van der Waals surface area contributed by atoms with Crippen LogP contribution in [0.1, 0.15) is 30.9 Å². The third-order valence-corrected chi connectivity index (χ3v) is 6.42. The Labute approximate surface area is 174 Å². The number of halogens is 4. The highest BCUT2D eigenvalue weighted by atomic mass is 35.5. The summed E-state index contributed by atoms with van der Waals surface area (Å²) < 4.78 is 50.2. The number of carbonyl (C=O) groups excluding carboxylic acids is 1. The maximum absolute atomic E-state index is 14.6. The monoisotopic (exact) mass is 446 g/mol. The lowest BCUT2D eigenvalue weighted by Crippen LogP contribution is -2.45. The lowest BCUT2D eigenvalue weighted by atomic mass is 10.1. The number of carbonyl (C=O) groups is 1. The van der Waals surface area contributed by atoms with E-state index in [2.05, 4.69) is 9.72 Å². The Morgan fingerprint density at radius 3 is 2.90 bits per heavy atom. The minimum atomic E-state index is -3.11. The van der Waals surface area contributed by atoms with Gasteiger partial charge in [-0.15, -0.1) is 11.3 Å². The van der Waals surface area contributed by atoms with Gasteiger partial charge in [0, 0.05) is 17.3 Å². The number of nitrogens with zero attached hydrogens (tertiary/aromatic N) is 2. The number of thiazole rings is 1. The normalized spacial score (nSPS) is 20.8. The van der Waals surface area contributed by atoms with E-state index >= 15 is 0 Å². The number of ether oxygens (including phenoxy) is 2. The van der Waals surface area contributed by atoms with Gasteiger partial charge in [-0.05, 0) is 25.0 Å². The number of morpholine rings is 1. The van der Waals surface area contributed by atoms with Crippen LogP contribution in [0.15, 0.2) is 17.5 Å². The topological polar surface area (TPSA) is 51.7 Å². The van der Waals surface area contributed by atoms with E-state index in [1.807, 2.05) is 6.92 Å². The molecule has 156 valence electrons. The van der Waals surface area contributed by atoms with Crippen LogP contribution < -0.4 is 4.74 Å². The fourth-order valence-corrected chi connectivity index (χ4v) is 4.29. The summed E-state index contributed by atoms with van der Waals surface area (Å²) >= 11 is 7.02. The second-order valence-electron chi connectivity index (χ2n) is 7.36. The summed E-state index contributed by atoms with van der Waals surface area (Å²) in [7, 11) is 0. The van der Waals surface area contributed by atoms with E-state index < -0.39 is 18.5 Å². The van der Waals surface area contributed by atoms with Gasteiger partial charge in [0.25, 0.3) is 0 Å². The third-order valence-electron chi connectivity index (χ3n) is 5.20. The molecule has 29 heavy (non-hydrogen) atoms. The van der Waals surface area contributed by atoms with E-state index in [0.717, 1.165) is 18.9 Å². The number of hydrogen-bond donors (Lipinski definition) is 0. The molecule has 5 nitrogen and oxygen atoms in total. The van der Waals surface area contributed by atoms with Crippen molar-refractivity contribution in [2.24, 2.45) is 5.41 Å². The summed E-state index contributed by atoms with van der Waals surface area (Å²) in [6.45, 7) is 0.0658. The van der Waals surface area contributed by atoms with Gasteiger partial charge < -0.3 is 14.4 Å². The molecule has 4 rings (SSSR count). The van der Waals surface area contributed by atoms with Crippen LogP contribution in [-0.2, 0) is 9.53 Å². The number of amides is 1. The first kappa shape index (κ1) is 20.4. The van der Waals surface area contributed by atoms with E-state index in [9.17, 15) is 18.0 Å². The fourth-order valence-electron chi connectivity index (χ4n) is 3.28. The van der Waals surface area contributed by atoms with Crippen molar-refractivity contribution >= 4 is 28.8 Å². The van der Waals surface area contributed by atoms with E-state index in [-0.39, 0.29) is 33.4 Å². The minimum Gasteiger partial charge on any atom is -0.434 e. The molecule has 2 fully saturated rings. The molecular formula is C19H18ClF3N2O3S. The highest BCUT2D eigenvalue weighted by Gasteiger charge is 2.48. The van der Waals surface area contributed by atoms with Crippen molar-refractivity contribution in [3.05, 3.63) is 33.4 Å². The van der Waals surface area contributed by atoms with Crippen LogP contribution in [0, 0.1) is 11.2 Å². The molecule has 1 unspecified atom stereocenters. The Balaban J connectivity index is 1.59. The summed E-state index contributed by atoms with van der Waals surface area (Å²) in [5.74, 6) is -1.12. The summed E-state index contributed by atoms with van der Waals surface area (Å²) in [5, 5.41) is 1.84. The first-order valence-corrected chi connectivity index (χ1v) is 10.3. The van der Waals surface area contributed by atoms with Crippen LogP contribution >= 0.6 is 22.9 Å². The second-order valence-corrected chi connectivity index (χ2v) is 8.65. The quantitative estimate of drug-likeness (QED) is 0.655. The second kappa shape index (κ2) is 7.77. The van der Waals surface area contributed by atoms with Crippen LogP contribution in [0.3, 0.4) is 0 Å². The Bertz CT molecular complexity index is 935. The van der Waals surface area contributed by atoms with Crippen LogP contribution in [0.5, 0.6) is 5.75 Å².